The monoisotopic (exact) mass is 228 g/mol. The average Bonchev–Trinajstić information content (AvgIpc) is 2.65. The van der Waals surface area contributed by atoms with Crippen molar-refractivity contribution in [2.45, 2.75) is 26.2 Å². The molecule has 1 heterocycles. The van der Waals surface area contributed by atoms with Crippen LogP contribution in [0.3, 0.4) is 0 Å². The van der Waals surface area contributed by atoms with Crippen LogP contribution in [0.2, 0.25) is 0 Å². The lowest BCUT2D eigenvalue weighted by atomic mass is 10.3. The van der Waals surface area contributed by atoms with Gasteiger partial charge in [0.05, 0.1) is 6.54 Å². The van der Waals surface area contributed by atoms with Crippen LogP contribution in [-0.4, -0.2) is 59.5 Å². The first-order valence-electron chi connectivity index (χ1n) is 5.85. The number of aliphatic hydroxyl groups is 1. The molecule has 0 unspecified atom stereocenters. The number of carbonyl (C=O) groups excluding carboxylic acids is 2. The van der Waals surface area contributed by atoms with Crippen molar-refractivity contribution in [1.29, 1.82) is 0 Å². The predicted octanol–water partition coefficient (Wildman–Crippen LogP) is -0.160. The Balaban J connectivity index is 2.39. The van der Waals surface area contributed by atoms with Crippen molar-refractivity contribution < 1.29 is 14.7 Å². The number of rotatable bonds is 6. The van der Waals surface area contributed by atoms with Crippen molar-refractivity contribution in [3.8, 4) is 0 Å². The smallest absolute Gasteiger partial charge is 0.242 e. The van der Waals surface area contributed by atoms with Gasteiger partial charge in [0.1, 0.15) is 0 Å². The molecule has 0 aromatic rings. The first-order chi connectivity index (χ1) is 7.69. The van der Waals surface area contributed by atoms with E-state index in [0.717, 1.165) is 6.42 Å². The molecular weight excluding hydrogens is 208 g/mol. The van der Waals surface area contributed by atoms with Gasteiger partial charge in [-0.1, -0.05) is 0 Å². The molecule has 0 spiro atoms. The summed E-state index contributed by atoms with van der Waals surface area (Å²) in [5, 5.41) is 8.72. The van der Waals surface area contributed by atoms with Crippen molar-refractivity contribution >= 4 is 11.8 Å². The van der Waals surface area contributed by atoms with Gasteiger partial charge in [-0.25, -0.2) is 0 Å². The summed E-state index contributed by atoms with van der Waals surface area (Å²) in [4.78, 5) is 26.5. The summed E-state index contributed by atoms with van der Waals surface area (Å²) in [5.41, 5.74) is 0. The van der Waals surface area contributed by atoms with E-state index in [0.29, 0.717) is 32.5 Å². The molecule has 1 saturated heterocycles. The highest BCUT2D eigenvalue weighted by Gasteiger charge is 2.24. The Morgan fingerprint density at radius 1 is 1.56 bits per heavy atom. The van der Waals surface area contributed by atoms with E-state index in [9.17, 15) is 9.59 Å². The van der Waals surface area contributed by atoms with Crippen LogP contribution < -0.4 is 0 Å². The fraction of sp³-hybridized carbons (Fsp3) is 0.818. The van der Waals surface area contributed by atoms with Gasteiger partial charge in [0.2, 0.25) is 11.8 Å². The maximum Gasteiger partial charge on any atom is 0.242 e. The van der Waals surface area contributed by atoms with E-state index in [2.05, 4.69) is 0 Å². The molecule has 16 heavy (non-hydrogen) atoms. The maximum absolute atomic E-state index is 11.8. The number of amides is 2. The quantitative estimate of drug-likeness (QED) is 0.687. The number of likely N-dealkylation sites (tertiary alicyclic amines) is 1. The Hall–Kier alpha value is -1.10. The van der Waals surface area contributed by atoms with Gasteiger partial charge >= 0.3 is 0 Å². The van der Waals surface area contributed by atoms with E-state index < -0.39 is 0 Å². The van der Waals surface area contributed by atoms with Crippen molar-refractivity contribution in [3.63, 3.8) is 0 Å². The van der Waals surface area contributed by atoms with Crippen molar-refractivity contribution in [3.05, 3.63) is 0 Å². The number of aliphatic hydroxyl groups excluding tert-OH is 1. The van der Waals surface area contributed by atoms with Gasteiger partial charge in [-0.15, -0.1) is 0 Å². The zero-order valence-electron chi connectivity index (χ0n) is 9.81. The Morgan fingerprint density at radius 3 is 2.81 bits per heavy atom. The molecule has 0 aliphatic carbocycles. The summed E-state index contributed by atoms with van der Waals surface area (Å²) in [6.07, 6.45) is 2.01. The molecule has 5 nitrogen and oxygen atoms in total. The van der Waals surface area contributed by atoms with Crippen LogP contribution in [0.15, 0.2) is 0 Å². The summed E-state index contributed by atoms with van der Waals surface area (Å²) in [6, 6.07) is 0. The molecule has 0 atom stereocenters. The van der Waals surface area contributed by atoms with E-state index >= 15 is 0 Å². The summed E-state index contributed by atoms with van der Waals surface area (Å²) in [6.45, 7) is 4.07. The van der Waals surface area contributed by atoms with Gasteiger partial charge in [0.25, 0.3) is 0 Å². The highest BCUT2D eigenvalue weighted by molar-refractivity contribution is 5.85. The minimum atomic E-state index is -0.0220. The standard InChI is InChI=1S/C11H20N2O3/c1-2-12(7-4-8-14)11(16)9-13-6-3-5-10(13)15/h14H,2-9H2,1H3. The molecule has 1 rings (SSSR count). The molecule has 1 N–H and O–H groups in total. The van der Waals surface area contributed by atoms with E-state index in [4.69, 9.17) is 5.11 Å². The zero-order valence-corrected chi connectivity index (χ0v) is 9.81. The van der Waals surface area contributed by atoms with Crippen LogP contribution in [0.5, 0.6) is 0 Å². The van der Waals surface area contributed by atoms with Crippen LogP contribution in [0.25, 0.3) is 0 Å². The summed E-state index contributed by atoms with van der Waals surface area (Å²) in [7, 11) is 0. The number of carbonyl (C=O) groups is 2. The molecular formula is C11H20N2O3. The minimum Gasteiger partial charge on any atom is -0.396 e. The molecule has 0 aromatic heterocycles. The fourth-order valence-corrected chi connectivity index (χ4v) is 1.86. The van der Waals surface area contributed by atoms with Crippen LogP contribution in [-0.2, 0) is 9.59 Å². The Morgan fingerprint density at radius 2 is 2.31 bits per heavy atom. The SMILES string of the molecule is CCN(CCCO)C(=O)CN1CCCC1=O. The first kappa shape index (κ1) is 13.0. The highest BCUT2D eigenvalue weighted by Crippen LogP contribution is 2.09. The van der Waals surface area contributed by atoms with Crippen molar-refractivity contribution in [2.24, 2.45) is 0 Å². The van der Waals surface area contributed by atoms with Crippen LogP contribution >= 0.6 is 0 Å². The largest absolute Gasteiger partial charge is 0.396 e. The Kier molecular flexibility index (Phi) is 5.25. The van der Waals surface area contributed by atoms with E-state index in [1.165, 1.54) is 0 Å². The second-order valence-electron chi connectivity index (χ2n) is 3.97. The fourth-order valence-electron chi connectivity index (χ4n) is 1.86. The number of hydrogen-bond acceptors (Lipinski definition) is 3. The highest BCUT2D eigenvalue weighted by atomic mass is 16.3. The lowest BCUT2D eigenvalue weighted by molar-refractivity contribution is -0.138. The third-order valence-electron chi connectivity index (χ3n) is 2.82. The molecule has 0 radical (unpaired) electrons. The molecule has 1 fully saturated rings. The van der Waals surface area contributed by atoms with E-state index in [1.807, 2.05) is 6.92 Å². The third-order valence-corrected chi connectivity index (χ3v) is 2.82. The third kappa shape index (κ3) is 3.48. The van der Waals surface area contributed by atoms with Crippen LogP contribution in [0.1, 0.15) is 26.2 Å². The summed E-state index contributed by atoms with van der Waals surface area (Å²) in [5.74, 6) is 0.0535. The average molecular weight is 228 g/mol. The van der Waals surface area contributed by atoms with Crippen molar-refractivity contribution in [1.82, 2.24) is 9.80 Å². The lowest BCUT2D eigenvalue weighted by Gasteiger charge is -2.23. The first-order valence-corrected chi connectivity index (χ1v) is 5.85. The van der Waals surface area contributed by atoms with Gasteiger partial charge in [-0.05, 0) is 19.8 Å². The van der Waals surface area contributed by atoms with Gasteiger partial charge in [0.15, 0.2) is 0 Å². The second kappa shape index (κ2) is 6.48. The molecule has 2 amide bonds. The number of hydrogen-bond donors (Lipinski definition) is 1. The maximum atomic E-state index is 11.8. The predicted molar refractivity (Wildman–Crippen MR) is 59.8 cm³/mol. The van der Waals surface area contributed by atoms with Crippen molar-refractivity contribution in [2.75, 3.05) is 32.8 Å². The van der Waals surface area contributed by atoms with Crippen LogP contribution in [0, 0.1) is 0 Å². The summed E-state index contributed by atoms with van der Waals surface area (Å²) >= 11 is 0. The van der Waals surface area contributed by atoms with E-state index in [-0.39, 0.29) is 25.0 Å². The normalized spacial score (nSPS) is 15.6. The van der Waals surface area contributed by atoms with Crippen LogP contribution in [0.4, 0.5) is 0 Å². The van der Waals surface area contributed by atoms with Gasteiger partial charge in [-0.2, -0.15) is 0 Å². The zero-order chi connectivity index (χ0) is 12.0. The van der Waals surface area contributed by atoms with E-state index in [1.54, 1.807) is 9.80 Å². The molecule has 5 heteroatoms. The molecule has 0 aromatic carbocycles. The topological polar surface area (TPSA) is 60.9 Å². The van der Waals surface area contributed by atoms with Gasteiger partial charge in [0, 0.05) is 32.7 Å². The van der Waals surface area contributed by atoms with Gasteiger partial charge < -0.3 is 14.9 Å². The number of likely N-dealkylation sites (N-methyl/N-ethyl adjacent to an activating group) is 1. The Labute approximate surface area is 96.0 Å². The minimum absolute atomic E-state index is 0.0220. The Bertz CT molecular complexity index is 256. The lowest BCUT2D eigenvalue weighted by Crippen LogP contribution is -2.41. The molecule has 0 bridgehead atoms. The second-order valence-corrected chi connectivity index (χ2v) is 3.97. The van der Waals surface area contributed by atoms with Gasteiger partial charge in [-0.3, -0.25) is 9.59 Å². The molecule has 1 aliphatic rings. The summed E-state index contributed by atoms with van der Waals surface area (Å²) < 4.78 is 0. The molecule has 1 aliphatic heterocycles. The number of nitrogens with zero attached hydrogens (tertiary/aromatic N) is 2. The molecule has 92 valence electrons. The molecule has 0 saturated carbocycles.